The lowest BCUT2D eigenvalue weighted by molar-refractivity contribution is 1.19. The summed E-state index contributed by atoms with van der Waals surface area (Å²) in [6, 6.07) is 29.1. The highest BCUT2D eigenvalue weighted by Gasteiger charge is 2.20. The topological polar surface area (TPSA) is 80.5 Å². The SMILES string of the molecule is Cc1ccc(-c2cc(-c3c(-c4ccccc4)[nH]c4ccccc34)c3c(N)ncnc3n2)cc1. The maximum Gasteiger partial charge on any atom is 0.165 e. The molecule has 3 N–H and O–H groups in total. The number of benzene rings is 3. The van der Waals surface area contributed by atoms with Crippen LogP contribution in [-0.2, 0) is 0 Å². The lowest BCUT2D eigenvalue weighted by Gasteiger charge is -2.13. The van der Waals surface area contributed by atoms with Crippen LogP contribution in [0.3, 0.4) is 0 Å². The van der Waals surface area contributed by atoms with Gasteiger partial charge in [0.2, 0.25) is 0 Å². The fraction of sp³-hybridized carbons (Fsp3) is 0.0357. The minimum absolute atomic E-state index is 0.419. The Kier molecular flexibility index (Phi) is 4.40. The molecular weight excluding hydrogens is 406 g/mol. The van der Waals surface area contributed by atoms with Crippen molar-refractivity contribution in [3.05, 3.63) is 96.8 Å². The van der Waals surface area contributed by atoms with Crippen LogP contribution in [0.1, 0.15) is 5.56 Å². The number of H-pyrrole nitrogens is 1. The maximum atomic E-state index is 6.40. The molecule has 3 aromatic heterocycles. The number of nitrogens with two attached hydrogens (primary N) is 1. The van der Waals surface area contributed by atoms with Gasteiger partial charge in [-0.2, -0.15) is 0 Å². The van der Waals surface area contributed by atoms with Crippen LogP contribution in [0.2, 0.25) is 0 Å². The molecule has 0 spiro atoms. The Bertz CT molecular complexity index is 1620. The first-order valence-electron chi connectivity index (χ1n) is 10.8. The average molecular weight is 428 g/mol. The van der Waals surface area contributed by atoms with Crippen LogP contribution in [0.25, 0.3) is 55.6 Å². The third kappa shape index (κ3) is 3.22. The maximum absolute atomic E-state index is 6.40. The van der Waals surface area contributed by atoms with Crippen molar-refractivity contribution in [2.24, 2.45) is 0 Å². The molecule has 3 aromatic carbocycles. The largest absolute Gasteiger partial charge is 0.383 e. The molecule has 33 heavy (non-hydrogen) atoms. The van der Waals surface area contributed by atoms with Gasteiger partial charge in [0, 0.05) is 27.6 Å². The predicted octanol–water partition coefficient (Wildman–Crippen LogP) is 6.40. The molecule has 0 saturated carbocycles. The summed E-state index contributed by atoms with van der Waals surface area (Å²) in [6.07, 6.45) is 1.47. The highest BCUT2D eigenvalue weighted by atomic mass is 15.0. The number of anilines is 1. The lowest BCUT2D eigenvalue weighted by atomic mass is 9.95. The summed E-state index contributed by atoms with van der Waals surface area (Å²) in [5.41, 5.74) is 15.3. The molecule has 0 unspecified atom stereocenters. The molecule has 0 fully saturated rings. The van der Waals surface area contributed by atoms with Gasteiger partial charge in [-0.15, -0.1) is 0 Å². The molecule has 0 aliphatic carbocycles. The molecule has 0 aliphatic rings. The molecule has 158 valence electrons. The number of para-hydroxylation sites is 1. The summed E-state index contributed by atoms with van der Waals surface area (Å²) in [5.74, 6) is 0.419. The van der Waals surface area contributed by atoms with Crippen molar-refractivity contribution in [3.8, 4) is 33.6 Å². The summed E-state index contributed by atoms with van der Waals surface area (Å²) < 4.78 is 0. The fourth-order valence-corrected chi connectivity index (χ4v) is 4.40. The number of hydrogen-bond acceptors (Lipinski definition) is 4. The van der Waals surface area contributed by atoms with Crippen LogP contribution in [0.5, 0.6) is 0 Å². The molecule has 6 aromatic rings. The number of nitrogens with one attached hydrogen (secondary N) is 1. The first-order valence-corrected chi connectivity index (χ1v) is 10.8. The Morgan fingerprint density at radius 3 is 2.36 bits per heavy atom. The van der Waals surface area contributed by atoms with Gasteiger partial charge in [-0.1, -0.05) is 78.4 Å². The number of aromatic amines is 1. The Morgan fingerprint density at radius 2 is 1.55 bits per heavy atom. The van der Waals surface area contributed by atoms with Gasteiger partial charge in [-0.05, 0) is 24.6 Å². The Labute approximate surface area is 191 Å². The van der Waals surface area contributed by atoms with Crippen LogP contribution in [-0.4, -0.2) is 19.9 Å². The van der Waals surface area contributed by atoms with Crippen molar-refractivity contribution >= 4 is 27.8 Å². The van der Waals surface area contributed by atoms with Crippen molar-refractivity contribution in [2.45, 2.75) is 6.92 Å². The Hall–Kier alpha value is -4.51. The molecule has 0 saturated heterocycles. The fourth-order valence-electron chi connectivity index (χ4n) is 4.40. The molecule has 0 radical (unpaired) electrons. The average Bonchev–Trinajstić information content (AvgIpc) is 3.24. The quantitative estimate of drug-likeness (QED) is 0.342. The van der Waals surface area contributed by atoms with Crippen LogP contribution in [0, 0.1) is 6.92 Å². The van der Waals surface area contributed by atoms with Crippen LogP contribution in [0.4, 0.5) is 5.82 Å². The molecule has 0 amide bonds. The molecule has 5 nitrogen and oxygen atoms in total. The summed E-state index contributed by atoms with van der Waals surface area (Å²) in [4.78, 5) is 17.3. The van der Waals surface area contributed by atoms with E-state index in [9.17, 15) is 0 Å². The van der Waals surface area contributed by atoms with E-state index in [1.807, 2.05) is 24.3 Å². The van der Waals surface area contributed by atoms with Crippen molar-refractivity contribution in [1.29, 1.82) is 0 Å². The van der Waals surface area contributed by atoms with Gasteiger partial charge in [-0.3, -0.25) is 0 Å². The zero-order valence-corrected chi connectivity index (χ0v) is 18.1. The lowest BCUT2D eigenvalue weighted by Crippen LogP contribution is -1.99. The van der Waals surface area contributed by atoms with E-state index in [0.29, 0.717) is 11.5 Å². The van der Waals surface area contributed by atoms with Gasteiger partial charge in [0.1, 0.15) is 12.1 Å². The second-order valence-electron chi connectivity index (χ2n) is 8.17. The Morgan fingerprint density at radius 1 is 0.788 bits per heavy atom. The minimum Gasteiger partial charge on any atom is -0.383 e. The number of nitrogens with zero attached hydrogens (tertiary/aromatic N) is 3. The first-order chi connectivity index (χ1) is 16.2. The molecule has 0 aliphatic heterocycles. The van der Waals surface area contributed by atoms with E-state index in [0.717, 1.165) is 49.9 Å². The predicted molar refractivity (Wildman–Crippen MR) is 135 cm³/mol. The molecule has 6 rings (SSSR count). The van der Waals surface area contributed by atoms with Gasteiger partial charge in [0.25, 0.3) is 0 Å². The van der Waals surface area contributed by atoms with Gasteiger partial charge in [0.15, 0.2) is 5.65 Å². The summed E-state index contributed by atoms with van der Waals surface area (Å²) in [7, 11) is 0. The first kappa shape index (κ1) is 19.2. The normalized spacial score (nSPS) is 11.3. The van der Waals surface area contributed by atoms with E-state index in [-0.39, 0.29) is 0 Å². The second-order valence-corrected chi connectivity index (χ2v) is 8.17. The number of aromatic nitrogens is 4. The third-order valence-electron chi connectivity index (χ3n) is 6.02. The van der Waals surface area contributed by atoms with E-state index in [1.54, 1.807) is 0 Å². The highest BCUT2D eigenvalue weighted by molar-refractivity contribution is 6.12. The van der Waals surface area contributed by atoms with Gasteiger partial charge >= 0.3 is 0 Å². The standard InChI is InChI=1S/C28H21N5/c1-17-11-13-18(14-12-17)23-15-21(25-27(29)30-16-31-28(25)33-23)24-20-9-5-6-10-22(20)32-26(24)19-7-3-2-4-8-19/h2-16,32H,1H3,(H2,29,30,31,33). The van der Waals surface area contributed by atoms with E-state index in [2.05, 4.69) is 82.5 Å². The van der Waals surface area contributed by atoms with Crippen LogP contribution < -0.4 is 5.73 Å². The summed E-state index contributed by atoms with van der Waals surface area (Å²) in [5, 5.41) is 1.87. The molecule has 3 heterocycles. The number of hydrogen-bond donors (Lipinski definition) is 2. The van der Waals surface area contributed by atoms with Crippen molar-refractivity contribution < 1.29 is 0 Å². The van der Waals surface area contributed by atoms with E-state index in [4.69, 9.17) is 10.7 Å². The third-order valence-corrected chi connectivity index (χ3v) is 6.02. The molecule has 0 atom stereocenters. The smallest absolute Gasteiger partial charge is 0.165 e. The van der Waals surface area contributed by atoms with E-state index in [1.165, 1.54) is 11.9 Å². The monoisotopic (exact) mass is 427 g/mol. The summed E-state index contributed by atoms with van der Waals surface area (Å²) >= 11 is 0. The second kappa shape index (κ2) is 7.57. The highest BCUT2D eigenvalue weighted by Crippen LogP contribution is 2.43. The minimum atomic E-state index is 0.419. The molecule has 0 bridgehead atoms. The van der Waals surface area contributed by atoms with Crippen molar-refractivity contribution in [3.63, 3.8) is 0 Å². The number of aryl methyl sites for hydroxylation is 1. The van der Waals surface area contributed by atoms with Gasteiger partial charge < -0.3 is 10.7 Å². The number of rotatable bonds is 3. The van der Waals surface area contributed by atoms with Crippen molar-refractivity contribution in [1.82, 2.24) is 19.9 Å². The number of pyridine rings is 1. The van der Waals surface area contributed by atoms with Gasteiger partial charge in [0.05, 0.1) is 16.8 Å². The van der Waals surface area contributed by atoms with E-state index >= 15 is 0 Å². The zero-order valence-electron chi connectivity index (χ0n) is 18.1. The van der Waals surface area contributed by atoms with Crippen LogP contribution >= 0.6 is 0 Å². The van der Waals surface area contributed by atoms with Crippen molar-refractivity contribution in [2.75, 3.05) is 5.73 Å². The number of fused-ring (bicyclic) bond motifs is 2. The van der Waals surface area contributed by atoms with E-state index < -0.39 is 0 Å². The number of nitrogen functional groups attached to an aromatic ring is 1. The molecular formula is C28H21N5. The van der Waals surface area contributed by atoms with Crippen LogP contribution in [0.15, 0.2) is 91.3 Å². The molecule has 5 heteroatoms. The van der Waals surface area contributed by atoms with Gasteiger partial charge in [-0.25, -0.2) is 15.0 Å². The Balaban J connectivity index is 1.74. The zero-order chi connectivity index (χ0) is 22.4. The summed E-state index contributed by atoms with van der Waals surface area (Å²) in [6.45, 7) is 2.08.